The first-order chi connectivity index (χ1) is 12.2. The molecule has 8 nitrogen and oxygen atoms in total. The molecule has 0 heterocycles. The van der Waals surface area contributed by atoms with E-state index in [9.17, 15) is 14.7 Å². The first-order valence-corrected chi connectivity index (χ1v) is 9.18. The Bertz CT molecular complexity index is 403. The average molecular weight is 376 g/mol. The van der Waals surface area contributed by atoms with Crippen LogP contribution in [0.1, 0.15) is 41.0 Å². The maximum atomic E-state index is 12.2. The van der Waals surface area contributed by atoms with E-state index in [0.717, 1.165) is 0 Å². The summed E-state index contributed by atoms with van der Waals surface area (Å²) in [4.78, 5) is 23.9. The standard InChI is InChI=1S/C18H36N2O6/c1-14(2)25-11-10-24-9-8-19-16(22)6-7-20-17(23)18(5,12-21)13-26-15(3)4/h14-15,21H,6-13H2,1-5H3,(H,19,22)(H,20,23). The van der Waals surface area contributed by atoms with Crippen LogP contribution in [0.5, 0.6) is 0 Å². The SMILES string of the molecule is CC(C)OCCOCCNC(=O)CCNC(=O)C(C)(CO)COC(C)C. The summed E-state index contributed by atoms with van der Waals surface area (Å²) in [6.45, 7) is 11.1. The maximum Gasteiger partial charge on any atom is 0.230 e. The highest BCUT2D eigenvalue weighted by Gasteiger charge is 2.33. The van der Waals surface area contributed by atoms with Crippen LogP contribution in [-0.2, 0) is 23.8 Å². The second kappa shape index (κ2) is 13.9. The van der Waals surface area contributed by atoms with Crippen LogP contribution >= 0.6 is 0 Å². The summed E-state index contributed by atoms with van der Waals surface area (Å²) in [6, 6.07) is 0. The molecule has 0 radical (unpaired) electrons. The molecular formula is C18H36N2O6. The minimum Gasteiger partial charge on any atom is -0.395 e. The molecule has 0 fully saturated rings. The van der Waals surface area contributed by atoms with Gasteiger partial charge < -0.3 is 30.0 Å². The van der Waals surface area contributed by atoms with E-state index in [2.05, 4.69) is 10.6 Å². The largest absolute Gasteiger partial charge is 0.395 e. The fourth-order valence-electron chi connectivity index (χ4n) is 1.83. The molecule has 0 aromatic heterocycles. The molecule has 0 saturated heterocycles. The highest BCUT2D eigenvalue weighted by atomic mass is 16.5. The van der Waals surface area contributed by atoms with Gasteiger partial charge in [0.05, 0.1) is 50.7 Å². The van der Waals surface area contributed by atoms with Crippen LogP contribution in [0, 0.1) is 5.41 Å². The number of nitrogens with one attached hydrogen (secondary N) is 2. The Morgan fingerprint density at radius 2 is 1.62 bits per heavy atom. The van der Waals surface area contributed by atoms with Crippen molar-refractivity contribution in [1.29, 1.82) is 0 Å². The van der Waals surface area contributed by atoms with Gasteiger partial charge in [-0.3, -0.25) is 9.59 Å². The number of ether oxygens (including phenoxy) is 3. The lowest BCUT2D eigenvalue weighted by Gasteiger charge is -2.26. The van der Waals surface area contributed by atoms with E-state index in [1.165, 1.54) is 0 Å². The summed E-state index contributed by atoms with van der Waals surface area (Å²) in [5.41, 5.74) is -1.02. The third-order valence-electron chi connectivity index (χ3n) is 3.52. The fourth-order valence-corrected chi connectivity index (χ4v) is 1.83. The van der Waals surface area contributed by atoms with Crippen molar-refractivity contribution >= 4 is 11.8 Å². The summed E-state index contributed by atoms with van der Waals surface area (Å²) >= 11 is 0. The topological polar surface area (TPSA) is 106 Å². The normalized spacial score (nSPS) is 13.7. The van der Waals surface area contributed by atoms with Crippen molar-refractivity contribution in [3.8, 4) is 0 Å². The Morgan fingerprint density at radius 3 is 2.19 bits per heavy atom. The number of aliphatic hydroxyl groups excluding tert-OH is 1. The molecule has 1 atom stereocenters. The monoisotopic (exact) mass is 376 g/mol. The zero-order chi connectivity index (χ0) is 20.0. The van der Waals surface area contributed by atoms with Crippen LogP contribution in [0.2, 0.25) is 0 Å². The van der Waals surface area contributed by atoms with Gasteiger partial charge in [0.25, 0.3) is 0 Å². The van der Waals surface area contributed by atoms with E-state index in [4.69, 9.17) is 14.2 Å². The number of carbonyl (C=O) groups is 2. The number of rotatable bonds is 15. The van der Waals surface area contributed by atoms with Gasteiger partial charge >= 0.3 is 0 Å². The van der Waals surface area contributed by atoms with E-state index in [1.54, 1.807) is 6.92 Å². The van der Waals surface area contributed by atoms with Gasteiger partial charge in [0, 0.05) is 19.5 Å². The highest BCUT2D eigenvalue weighted by molar-refractivity contribution is 5.83. The van der Waals surface area contributed by atoms with Gasteiger partial charge in [-0.05, 0) is 34.6 Å². The Labute approximate surface area is 157 Å². The van der Waals surface area contributed by atoms with Gasteiger partial charge in [-0.1, -0.05) is 0 Å². The smallest absolute Gasteiger partial charge is 0.230 e. The fraction of sp³-hybridized carbons (Fsp3) is 0.889. The molecule has 0 aliphatic carbocycles. The van der Waals surface area contributed by atoms with Gasteiger partial charge in [-0.25, -0.2) is 0 Å². The highest BCUT2D eigenvalue weighted by Crippen LogP contribution is 2.17. The molecule has 2 amide bonds. The molecule has 0 spiro atoms. The van der Waals surface area contributed by atoms with Crippen molar-refractivity contribution in [2.24, 2.45) is 5.41 Å². The third kappa shape index (κ3) is 12.2. The molecule has 0 saturated carbocycles. The molecule has 26 heavy (non-hydrogen) atoms. The van der Waals surface area contributed by atoms with Gasteiger partial charge in [-0.15, -0.1) is 0 Å². The lowest BCUT2D eigenvalue weighted by molar-refractivity contribution is -0.137. The Kier molecular flexibility index (Phi) is 13.3. The van der Waals surface area contributed by atoms with E-state index < -0.39 is 5.41 Å². The molecule has 1 unspecified atom stereocenters. The number of carbonyl (C=O) groups excluding carboxylic acids is 2. The Morgan fingerprint density at radius 1 is 0.962 bits per heavy atom. The number of aliphatic hydroxyl groups is 1. The molecule has 0 aliphatic heterocycles. The van der Waals surface area contributed by atoms with Crippen molar-refractivity contribution < 1.29 is 28.9 Å². The number of hydrogen-bond donors (Lipinski definition) is 3. The van der Waals surface area contributed by atoms with Crippen LogP contribution in [0.4, 0.5) is 0 Å². The van der Waals surface area contributed by atoms with Crippen molar-refractivity contribution in [1.82, 2.24) is 10.6 Å². The number of amides is 2. The quantitative estimate of drug-likeness (QED) is 0.359. The predicted molar refractivity (Wildman–Crippen MR) is 98.8 cm³/mol. The summed E-state index contributed by atoms with van der Waals surface area (Å²) in [7, 11) is 0. The second-order valence-corrected chi connectivity index (χ2v) is 6.97. The lowest BCUT2D eigenvalue weighted by Crippen LogP contribution is -2.46. The zero-order valence-corrected chi connectivity index (χ0v) is 16.8. The Balaban J connectivity index is 3.83. The van der Waals surface area contributed by atoms with Crippen LogP contribution < -0.4 is 10.6 Å². The van der Waals surface area contributed by atoms with Crippen molar-refractivity contribution in [3.05, 3.63) is 0 Å². The zero-order valence-electron chi connectivity index (χ0n) is 16.8. The molecule has 0 aromatic carbocycles. The van der Waals surface area contributed by atoms with Crippen LogP contribution in [0.25, 0.3) is 0 Å². The second-order valence-electron chi connectivity index (χ2n) is 6.97. The van der Waals surface area contributed by atoms with Gasteiger partial charge in [-0.2, -0.15) is 0 Å². The van der Waals surface area contributed by atoms with E-state index in [-0.39, 0.29) is 50.2 Å². The van der Waals surface area contributed by atoms with E-state index in [0.29, 0.717) is 26.4 Å². The summed E-state index contributed by atoms with van der Waals surface area (Å²) < 4.78 is 16.1. The summed E-state index contributed by atoms with van der Waals surface area (Å²) in [5, 5.41) is 14.9. The van der Waals surface area contributed by atoms with Crippen molar-refractivity contribution in [3.63, 3.8) is 0 Å². The van der Waals surface area contributed by atoms with Crippen LogP contribution in [0.15, 0.2) is 0 Å². The van der Waals surface area contributed by atoms with Gasteiger partial charge in [0.15, 0.2) is 0 Å². The molecule has 0 aromatic rings. The first kappa shape index (κ1) is 24.8. The minimum atomic E-state index is -1.02. The van der Waals surface area contributed by atoms with Gasteiger partial charge in [0.2, 0.25) is 11.8 Å². The molecule has 3 N–H and O–H groups in total. The summed E-state index contributed by atoms with van der Waals surface area (Å²) in [5.74, 6) is -0.501. The molecule has 0 rings (SSSR count). The van der Waals surface area contributed by atoms with Crippen LogP contribution in [-0.4, -0.2) is 75.3 Å². The van der Waals surface area contributed by atoms with Crippen molar-refractivity contribution in [2.45, 2.75) is 53.2 Å². The van der Waals surface area contributed by atoms with E-state index >= 15 is 0 Å². The predicted octanol–water partition coefficient (Wildman–Crippen LogP) is 0.474. The molecule has 154 valence electrons. The molecule has 0 aliphatic rings. The molecular weight excluding hydrogens is 340 g/mol. The molecule has 8 heteroatoms. The van der Waals surface area contributed by atoms with Gasteiger partial charge in [0.1, 0.15) is 0 Å². The van der Waals surface area contributed by atoms with Crippen molar-refractivity contribution in [2.75, 3.05) is 46.1 Å². The maximum absolute atomic E-state index is 12.2. The summed E-state index contributed by atoms with van der Waals surface area (Å²) in [6.07, 6.45) is 0.311. The van der Waals surface area contributed by atoms with Crippen LogP contribution in [0.3, 0.4) is 0 Å². The third-order valence-corrected chi connectivity index (χ3v) is 3.52. The first-order valence-electron chi connectivity index (χ1n) is 9.18. The lowest BCUT2D eigenvalue weighted by atomic mass is 9.91. The van der Waals surface area contributed by atoms with E-state index in [1.807, 2.05) is 27.7 Å². The average Bonchev–Trinajstić information content (AvgIpc) is 2.58. The Hall–Kier alpha value is -1.22. The number of hydrogen-bond acceptors (Lipinski definition) is 6. The molecule has 0 bridgehead atoms. The minimum absolute atomic E-state index is 0.0291.